The van der Waals surface area contributed by atoms with Crippen molar-refractivity contribution in [3.8, 4) is 0 Å². The third-order valence-electron chi connectivity index (χ3n) is 3.54. The Labute approximate surface area is 89.2 Å². The van der Waals surface area contributed by atoms with Crippen LogP contribution in [0.25, 0.3) is 0 Å². The lowest BCUT2D eigenvalue weighted by Crippen LogP contribution is -2.18. The maximum Gasteiger partial charge on any atom is 0.304 e. The molecule has 0 unspecified atom stereocenters. The summed E-state index contributed by atoms with van der Waals surface area (Å²) in [5.41, 5.74) is 2.21. The normalized spacial score (nSPS) is 30.6. The van der Waals surface area contributed by atoms with Crippen LogP contribution in [-0.2, 0) is 9.59 Å². The zero-order valence-electron chi connectivity index (χ0n) is 8.95. The summed E-state index contributed by atoms with van der Waals surface area (Å²) < 4.78 is 0. The van der Waals surface area contributed by atoms with Crippen LogP contribution >= 0.6 is 0 Å². The van der Waals surface area contributed by atoms with Crippen molar-refractivity contribution in [1.82, 2.24) is 0 Å². The van der Waals surface area contributed by atoms with Crippen LogP contribution in [0.3, 0.4) is 0 Å². The molecule has 0 amide bonds. The fraction of sp³-hybridized carbons (Fsp3) is 0.667. The van der Waals surface area contributed by atoms with Crippen molar-refractivity contribution < 1.29 is 14.7 Å². The maximum atomic E-state index is 12.0. The van der Waals surface area contributed by atoms with Crippen molar-refractivity contribution in [3.63, 3.8) is 0 Å². The third-order valence-corrected chi connectivity index (χ3v) is 3.54. The van der Waals surface area contributed by atoms with Crippen molar-refractivity contribution in [3.05, 3.63) is 11.1 Å². The van der Waals surface area contributed by atoms with Crippen molar-refractivity contribution >= 4 is 11.8 Å². The highest BCUT2D eigenvalue weighted by molar-refractivity contribution is 6.02. The van der Waals surface area contributed by atoms with E-state index in [9.17, 15) is 9.59 Å². The SMILES string of the molecule is C[C@H]1CCCC2=C1C(=O)[C@@H](CC(=O)O)C2. The van der Waals surface area contributed by atoms with E-state index in [2.05, 4.69) is 6.92 Å². The molecule has 15 heavy (non-hydrogen) atoms. The predicted molar refractivity (Wildman–Crippen MR) is 55.4 cm³/mol. The molecule has 0 saturated carbocycles. The van der Waals surface area contributed by atoms with Crippen LogP contribution in [0.2, 0.25) is 0 Å². The lowest BCUT2D eigenvalue weighted by molar-refractivity contribution is -0.139. The van der Waals surface area contributed by atoms with Crippen LogP contribution in [0.5, 0.6) is 0 Å². The van der Waals surface area contributed by atoms with Gasteiger partial charge in [-0.15, -0.1) is 0 Å². The molecule has 0 aromatic heterocycles. The average molecular weight is 208 g/mol. The van der Waals surface area contributed by atoms with Gasteiger partial charge < -0.3 is 5.11 Å². The summed E-state index contributed by atoms with van der Waals surface area (Å²) >= 11 is 0. The molecular formula is C12H16O3. The van der Waals surface area contributed by atoms with E-state index in [4.69, 9.17) is 5.11 Å². The fourth-order valence-corrected chi connectivity index (χ4v) is 2.86. The van der Waals surface area contributed by atoms with Gasteiger partial charge >= 0.3 is 5.97 Å². The molecule has 0 radical (unpaired) electrons. The minimum absolute atomic E-state index is 0.00144. The van der Waals surface area contributed by atoms with E-state index < -0.39 is 5.97 Å². The number of rotatable bonds is 2. The van der Waals surface area contributed by atoms with Crippen LogP contribution in [0, 0.1) is 11.8 Å². The number of carbonyl (C=O) groups is 2. The summed E-state index contributed by atoms with van der Waals surface area (Å²) in [4.78, 5) is 22.6. The Morgan fingerprint density at radius 3 is 2.87 bits per heavy atom. The van der Waals surface area contributed by atoms with E-state index in [1.165, 1.54) is 5.57 Å². The van der Waals surface area contributed by atoms with Gasteiger partial charge in [0.1, 0.15) is 0 Å². The van der Waals surface area contributed by atoms with Gasteiger partial charge in [-0.05, 0) is 37.2 Å². The highest BCUT2D eigenvalue weighted by Crippen LogP contribution is 2.41. The van der Waals surface area contributed by atoms with Gasteiger partial charge in [-0.3, -0.25) is 9.59 Å². The summed E-state index contributed by atoms with van der Waals surface area (Å²) in [6.07, 6.45) is 3.92. The van der Waals surface area contributed by atoms with Crippen LogP contribution in [0.4, 0.5) is 0 Å². The fourth-order valence-electron chi connectivity index (χ4n) is 2.86. The first-order chi connectivity index (χ1) is 7.09. The molecule has 0 saturated heterocycles. The zero-order chi connectivity index (χ0) is 11.0. The molecule has 0 aliphatic heterocycles. The molecule has 82 valence electrons. The molecule has 2 aliphatic rings. The Hall–Kier alpha value is -1.12. The smallest absolute Gasteiger partial charge is 0.304 e. The number of allylic oxidation sites excluding steroid dienone is 2. The van der Waals surface area contributed by atoms with Crippen molar-refractivity contribution in [2.75, 3.05) is 0 Å². The molecule has 0 spiro atoms. The molecule has 3 heteroatoms. The molecule has 0 fully saturated rings. The maximum absolute atomic E-state index is 12.0. The lowest BCUT2D eigenvalue weighted by Gasteiger charge is -2.19. The number of hydrogen-bond acceptors (Lipinski definition) is 2. The minimum Gasteiger partial charge on any atom is -0.481 e. The van der Waals surface area contributed by atoms with E-state index in [1.54, 1.807) is 0 Å². The van der Waals surface area contributed by atoms with Gasteiger partial charge in [0, 0.05) is 5.92 Å². The summed E-state index contributed by atoms with van der Waals surface area (Å²) in [5.74, 6) is -0.673. The van der Waals surface area contributed by atoms with Crippen LogP contribution in [0.15, 0.2) is 11.1 Å². The second-order valence-corrected chi connectivity index (χ2v) is 4.67. The number of aliphatic carboxylic acids is 1. The number of ketones is 1. The van der Waals surface area contributed by atoms with E-state index in [-0.39, 0.29) is 18.1 Å². The van der Waals surface area contributed by atoms with Crippen LogP contribution in [-0.4, -0.2) is 16.9 Å². The Morgan fingerprint density at radius 1 is 1.53 bits per heavy atom. The van der Waals surface area contributed by atoms with Gasteiger partial charge in [0.15, 0.2) is 5.78 Å². The number of hydrogen-bond donors (Lipinski definition) is 1. The molecule has 0 aromatic carbocycles. The Bertz CT molecular complexity index is 341. The van der Waals surface area contributed by atoms with Crippen LogP contribution < -0.4 is 0 Å². The van der Waals surface area contributed by atoms with Crippen LogP contribution in [0.1, 0.15) is 39.0 Å². The highest BCUT2D eigenvalue weighted by atomic mass is 16.4. The summed E-state index contributed by atoms with van der Waals surface area (Å²) in [6, 6.07) is 0. The van der Waals surface area contributed by atoms with E-state index >= 15 is 0 Å². The second-order valence-electron chi connectivity index (χ2n) is 4.67. The zero-order valence-corrected chi connectivity index (χ0v) is 8.95. The summed E-state index contributed by atoms with van der Waals surface area (Å²) in [7, 11) is 0. The third kappa shape index (κ3) is 1.83. The van der Waals surface area contributed by atoms with Crippen molar-refractivity contribution in [2.45, 2.75) is 39.0 Å². The molecular weight excluding hydrogens is 192 g/mol. The molecule has 2 aliphatic carbocycles. The van der Waals surface area contributed by atoms with Gasteiger partial charge in [-0.25, -0.2) is 0 Å². The molecule has 2 atom stereocenters. The molecule has 3 nitrogen and oxygen atoms in total. The largest absolute Gasteiger partial charge is 0.481 e. The summed E-state index contributed by atoms with van der Waals surface area (Å²) in [5, 5.41) is 8.72. The number of carboxylic acids is 1. The first kappa shape index (κ1) is 10.4. The van der Waals surface area contributed by atoms with Gasteiger partial charge in [-0.1, -0.05) is 12.5 Å². The average Bonchev–Trinajstić information content (AvgIpc) is 2.44. The molecule has 2 rings (SSSR count). The molecule has 0 aromatic rings. The quantitative estimate of drug-likeness (QED) is 0.756. The molecule has 1 N–H and O–H groups in total. The van der Waals surface area contributed by atoms with Gasteiger partial charge in [-0.2, -0.15) is 0 Å². The minimum atomic E-state index is -0.860. The van der Waals surface area contributed by atoms with Gasteiger partial charge in [0.05, 0.1) is 6.42 Å². The van der Waals surface area contributed by atoms with E-state index in [1.807, 2.05) is 0 Å². The Balaban J connectivity index is 2.16. The van der Waals surface area contributed by atoms with Crippen molar-refractivity contribution in [1.29, 1.82) is 0 Å². The monoisotopic (exact) mass is 208 g/mol. The Morgan fingerprint density at radius 2 is 2.27 bits per heavy atom. The van der Waals surface area contributed by atoms with Gasteiger partial charge in [0.2, 0.25) is 0 Å². The van der Waals surface area contributed by atoms with Crippen molar-refractivity contribution in [2.24, 2.45) is 11.8 Å². The first-order valence-corrected chi connectivity index (χ1v) is 5.57. The van der Waals surface area contributed by atoms with E-state index in [0.717, 1.165) is 24.8 Å². The standard InChI is InChI=1S/C12H16O3/c1-7-3-2-4-8-5-9(6-10(13)14)12(15)11(7)8/h7,9H,2-6H2,1H3,(H,13,14)/t7-,9+/m0/s1. The first-order valence-electron chi connectivity index (χ1n) is 5.57. The second kappa shape index (κ2) is 3.80. The topological polar surface area (TPSA) is 54.4 Å². The lowest BCUT2D eigenvalue weighted by atomic mass is 9.85. The summed E-state index contributed by atoms with van der Waals surface area (Å²) in [6.45, 7) is 2.08. The molecule has 0 heterocycles. The highest BCUT2D eigenvalue weighted by Gasteiger charge is 2.37. The van der Waals surface area contributed by atoms with Gasteiger partial charge in [0.25, 0.3) is 0 Å². The number of carbonyl (C=O) groups excluding carboxylic acids is 1. The number of carboxylic acid groups (broad SMARTS) is 1. The Kier molecular flexibility index (Phi) is 2.63. The predicted octanol–water partition coefficient (Wildman–Crippen LogP) is 2.17. The molecule has 0 bridgehead atoms. The van der Waals surface area contributed by atoms with E-state index in [0.29, 0.717) is 12.3 Å². The number of Topliss-reactive ketones (excluding diaryl/α,β-unsaturated/α-hetero) is 1.